The molecule has 2 N–H and O–H groups in total. The molecule has 1 aromatic carbocycles. The highest BCUT2D eigenvalue weighted by atomic mass is 32.1. The van der Waals surface area contributed by atoms with Crippen LogP contribution in [-0.2, 0) is 6.18 Å². The van der Waals surface area contributed by atoms with Gasteiger partial charge in [0.15, 0.2) is 0 Å². The van der Waals surface area contributed by atoms with Crippen LogP contribution in [0.25, 0.3) is 42.5 Å². The number of fused-ring (bicyclic) bond motifs is 7. The zero-order valence-electron chi connectivity index (χ0n) is 26.1. The lowest BCUT2D eigenvalue weighted by atomic mass is 9.91. The van der Waals surface area contributed by atoms with Gasteiger partial charge in [-0.1, -0.05) is 0 Å². The van der Waals surface area contributed by atoms with Crippen LogP contribution in [0.15, 0.2) is 24.5 Å². The van der Waals surface area contributed by atoms with Crippen LogP contribution in [0.2, 0.25) is 0 Å². The molecule has 4 saturated heterocycles. The molecule has 8 heterocycles. The highest BCUT2D eigenvalue weighted by Crippen LogP contribution is 2.53. The van der Waals surface area contributed by atoms with Crippen molar-refractivity contribution in [1.29, 1.82) is 0 Å². The van der Waals surface area contributed by atoms with Crippen molar-refractivity contribution < 1.29 is 22.3 Å². The average molecular weight is 679 g/mol. The maximum atomic E-state index is 14.6. The second-order valence-electron chi connectivity index (χ2n) is 14.4. The van der Waals surface area contributed by atoms with Crippen LogP contribution in [0, 0.1) is 0 Å². The fraction of sp³-hybridized carbons (Fsp3) is 0.529. The third-order valence-corrected chi connectivity index (χ3v) is 12.4. The van der Waals surface area contributed by atoms with Gasteiger partial charge in [0, 0.05) is 60.7 Å². The van der Waals surface area contributed by atoms with Crippen molar-refractivity contribution in [2.24, 2.45) is 0 Å². The van der Waals surface area contributed by atoms with Crippen LogP contribution in [-0.4, -0.2) is 86.6 Å². The van der Waals surface area contributed by atoms with Gasteiger partial charge in [-0.2, -0.15) is 28.2 Å². The topological polar surface area (TPSA) is 95.1 Å². The van der Waals surface area contributed by atoms with Gasteiger partial charge in [-0.3, -0.25) is 15.0 Å². The minimum Gasteiger partial charge on any atom is -0.461 e. The second-order valence-corrected chi connectivity index (χ2v) is 15.4. The van der Waals surface area contributed by atoms with E-state index in [-0.39, 0.29) is 17.5 Å². The first-order valence-electron chi connectivity index (χ1n) is 16.9. The Morgan fingerprint density at radius 1 is 1.06 bits per heavy atom. The third-order valence-electron chi connectivity index (χ3n) is 11.3. The zero-order valence-corrected chi connectivity index (χ0v) is 26.9. The van der Waals surface area contributed by atoms with Crippen LogP contribution in [0.3, 0.4) is 0 Å². The summed E-state index contributed by atoms with van der Waals surface area (Å²) in [6.45, 7) is 3.19. The quantitative estimate of drug-likeness (QED) is 0.195. The predicted molar refractivity (Wildman–Crippen MR) is 175 cm³/mol. The number of piperazine rings is 1. The molecule has 0 radical (unpaired) electrons. The number of aromatic amines is 1. The molecule has 4 atom stereocenters. The molecule has 14 heteroatoms. The lowest BCUT2D eigenvalue weighted by Gasteiger charge is -2.34. The number of hydrogen-bond donors (Lipinski definition) is 2. The van der Waals surface area contributed by atoms with E-state index in [1.54, 1.807) is 12.4 Å². The van der Waals surface area contributed by atoms with E-state index in [9.17, 15) is 17.6 Å². The maximum Gasteiger partial charge on any atom is 0.416 e. The van der Waals surface area contributed by atoms with Gasteiger partial charge in [-0.25, -0.2) is 4.39 Å². The predicted octanol–water partition coefficient (Wildman–Crippen LogP) is 6.57. The number of pyridine rings is 1. The lowest BCUT2D eigenvalue weighted by Crippen LogP contribution is -2.51. The Hall–Kier alpha value is -3.62. The molecular formula is C34H34F4N8OS. The molecule has 5 fully saturated rings. The van der Waals surface area contributed by atoms with Gasteiger partial charge in [-0.05, 0) is 68.7 Å². The number of aromatic nitrogens is 5. The summed E-state index contributed by atoms with van der Waals surface area (Å²) in [7, 11) is 0. The van der Waals surface area contributed by atoms with Crippen molar-refractivity contribution in [2.45, 2.75) is 80.8 Å². The number of ether oxygens (including phenoxy) is 1. The lowest BCUT2D eigenvalue weighted by molar-refractivity contribution is -0.138. The SMILES string of the molecule is F[C@H]1CN2CCC[C@@]2(COc2nc(N3CC4CCC(C3)N4)c3c(n2)sc2c(-c4c(C5CC5)c(C(F)(F)F)cc5[nH]ncc45)nccc23)C1. The molecule has 1 saturated carbocycles. The van der Waals surface area contributed by atoms with Gasteiger partial charge < -0.3 is 15.0 Å². The number of alkyl halides is 4. The van der Waals surface area contributed by atoms with Crippen molar-refractivity contribution in [1.82, 2.24) is 35.4 Å². The van der Waals surface area contributed by atoms with E-state index < -0.39 is 17.9 Å². The highest BCUT2D eigenvalue weighted by Gasteiger charge is 2.49. The first kappa shape index (κ1) is 29.3. The minimum atomic E-state index is -4.53. The fourth-order valence-electron chi connectivity index (χ4n) is 9.05. The molecule has 250 valence electrons. The number of anilines is 1. The summed E-state index contributed by atoms with van der Waals surface area (Å²) >= 11 is 1.42. The normalized spacial score (nSPS) is 27.6. The monoisotopic (exact) mass is 678 g/mol. The summed E-state index contributed by atoms with van der Waals surface area (Å²) in [4.78, 5) is 20.0. The Morgan fingerprint density at radius 3 is 2.69 bits per heavy atom. The Labute approximate surface area is 277 Å². The largest absolute Gasteiger partial charge is 0.461 e. The van der Waals surface area contributed by atoms with Crippen LogP contribution in [0.1, 0.15) is 62.0 Å². The smallest absolute Gasteiger partial charge is 0.416 e. The van der Waals surface area contributed by atoms with Crippen molar-refractivity contribution in [3.05, 3.63) is 35.7 Å². The molecule has 0 amide bonds. The average Bonchev–Trinajstić information content (AvgIpc) is 3.35. The Bertz CT molecular complexity index is 2080. The number of H-pyrrole nitrogens is 1. The fourth-order valence-corrected chi connectivity index (χ4v) is 10.2. The molecule has 4 aliphatic heterocycles. The number of benzene rings is 1. The molecule has 0 spiro atoms. The molecule has 5 aromatic rings. The van der Waals surface area contributed by atoms with E-state index in [0.29, 0.717) is 77.1 Å². The van der Waals surface area contributed by atoms with E-state index in [0.717, 1.165) is 66.6 Å². The molecule has 10 rings (SSSR count). The Morgan fingerprint density at radius 2 is 1.90 bits per heavy atom. The molecule has 2 unspecified atom stereocenters. The van der Waals surface area contributed by atoms with E-state index >= 15 is 0 Å². The number of nitrogens with one attached hydrogen (secondary N) is 2. The van der Waals surface area contributed by atoms with Gasteiger partial charge >= 0.3 is 12.2 Å². The number of hydrogen-bond acceptors (Lipinski definition) is 9. The number of rotatable bonds is 6. The van der Waals surface area contributed by atoms with Crippen LogP contribution >= 0.6 is 11.3 Å². The zero-order chi connectivity index (χ0) is 32.4. The molecule has 4 aromatic heterocycles. The number of thiophene rings is 1. The van der Waals surface area contributed by atoms with Gasteiger partial charge in [-0.15, -0.1) is 11.3 Å². The van der Waals surface area contributed by atoms with Crippen molar-refractivity contribution in [2.75, 3.05) is 37.7 Å². The van der Waals surface area contributed by atoms with Gasteiger partial charge in [0.25, 0.3) is 0 Å². The standard InChI is InChI=1S/C34H34F4N8OS/c35-18-11-33(7-1-9-46(33)13-18)16-47-32-42-30(45-14-19-4-5-20(15-45)41-19)27-21-6-8-39-28(29(21)48-31(27)43-32)26-22-12-40-44-24(22)10-23(34(36,37)38)25(26)17-2-3-17/h6,8,10,12,17-20,41H,1-5,7,9,11,13-16H2,(H,40,44)/t18-,19?,20?,33+/m1/s1. The number of nitrogens with zero attached hydrogens (tertiary/aromatic N) is 6. The van der Waals surface area contributed by atoms with Crippen LogP contribution in [0.4, 0.5) is 23.4 Å². The van der Waals surface area contributed by atoms with Gasteiger partial charge in [0.1, 0.15) is 23.4 Å². The number of halogens is 4. The molecule has 9 nitrogen and oxygen atoms in total. The van der Waals surface area contributed by atoms with E-state index in [2.05, 4.69) is 25.3 Å². The first-order chi connectivity index (χ1) is 23.2. The molecule has 1 aliphatic carbocycles. The maximum absolute atomic E-state index is 14.6. The Kier molecular flexibility index (Phi) is 6.38. The summed E-state index contributed by atoms with van der Waals surface area (Å²) in [5.41, 5.74) is 0.642. The summed E-state index contributed by atoms with van der Waals surface area (Å²) < 4.78 is 65.5. The first-order valence-corrected chi connectivity index (χ1v) is 17.8. The summed E-state index contributed by atoms with van der Waals surface area (Å²) in [5, 5.41) is 13.0. The van der Waals surface area contributed by atoms with Crippen molar-refractivity contribution >= 4 is 48.4 Å². The van der Waals surface area contributed by atoms with Gasteiger partial charge in [0.2, 0.25) is 0 Å². The molecule has 5 aliphatic rings. The van der Waals surface area contributed by atoms with E-state index in [1.807, 2.05) is 6.07 Å². The highest BCUT2D eigenvalue weighted by molar-refractivity contribution is 7.26. The molecule has 48 heavy (non-hydrogen) atoms. The molecule has 2 bridgehead atoms. The summed E-state index contributed by atoms with van der Waals surface area (Å²) in [6.07, 6.45) is 3.84. The van der Waals surface area contributed by atoms with Crippen molar-refractivity contribution in [3.8, 4) is 17.3 Å². The minimum absolute atomic E-state index is 0.192. The Balaban J connectivity index is 1.16. The summed E-state index contributed by atoms with van der Waals surface area (Å²) in [6, 6.07) is 4.08. The van der Waals surface area contributed by atoms with E-state index in [4.69, 9.17) is 19.7 Å². The van der Waals surface area contributed by atoms with Gasteiger partial charge in [0.05, 0.1) is 38.6 Å². The van der Waals surface area contributed by atoms with Crippen LogP contribution in [0.5, 0.6) is 6.01 Å². The third kappa shape index (κ3) is 4.54. The van der Waals surface area contributed by atoms with E-state index in [1.165, 1.54) is 17.4 Å². The molecular weight excluding hydrogens is 644 g/mol. The second kappa shape index (κ2) is 10.4. The van der Waals surface area contributed by atoms with Crippen LogP contribution < -0.4 is 15.0 Å². The summed E-state index contributed by atoms with van der Waals surface area (Å²) in [5.74, 6) is 0.579. The van der Waals surface area contributed by atoms with Crippen molar-refractivity contribution in [3.63, 3.8) is 0 Å².